The van der Waals surface area contributed by atoms with E-state index in [-0.39, 0.29) is 58.1 Å². The molecule has 6 rings (SSSR count). The van der Waals surface area contributed by atoms with E-state index in [1.807, 2.05) is 0 Å². The molecule has 5 amide bonds. The van der Waals surface area contributed by atoms with Crippen molar-refractivity contribution in [3.05, 3.63) is 47.8 Å². The highest BCUT2D eigenvalue weighted by Crippen LogP contribution is 2.45. The summed E-state index contributed by atoms with van der Waals surface area (Å²) in [6.45, 7) is 5.78. The minimum atomic E-state index is -4.26. The van der Waals surface area contributed by atoms with E-state index in [4.69, 9.17) is 9.47 Å². The van der Waals surface area contributed by atoms with Crippen molar-refractivity contribution >= 4 is 40.1 Å². The Morgan fingerprint density at radius 3 is 2.32 bits per heavy atom. The molecule has 3 aliphatic heterocycles. The average molecular weight is 817 g/mol. The Hall–Kier alpha value is -4.25. The minimum absolute atomic E-state index is 0.00579. The van der Waals surface area contributed by atoms with E-state index in [1.165, 1.54) is 26.2 Å². The number of hydrogen-bond donors (Lipinski definition) is 3. The number of alkyl carbamates (subject to hydrolysis) is 1. The minimum Gasteiger partial charge on any atom is -0.446 e. The molecule has 15 nitrogen and oxygen atoms in total. The molecule has 57 heavy (non-hydrogen) atoms. The quantitative estimate of drug-likeness (QED) is 0.359. The number of rotatable bonds is 5. The number of fused-ring (bicyclic) bond motifs is 2. The highest BCUT2D eigenvalue weighted by molar-refractivity contribution is 7.87. The van der Waals surface area contributed by atoms with Gasteiger partial charge in [-0.3, -0.25) is 19.3 Å². The first-order chi connectivity index (χ1) is 27.3. The molecule has 0 aromatic heterocycles. The maximum atomic E-state index is 14.6. The molecular weight excluding hydrogens is 760 g/mol. The number of halogens is 1. The lowest BCUT2D eigenvalue weighted by atomic mass is 10.0. The van der Waals surface area contributed by atoms with Gasteiger partial charge in [0, 0.05) is 37.5 Å². The molecule has 5 atom stereocenters. The molecule has 1 aromatic carbocycles. The lowest BCUT2D eigenvalue weighted by molar-refractivity contribution is -0.141. The van der Waals surface area contributed by atoms with Crippen LogP contribution >= 0.6 is 0 Å². The maximum Gasteiger partial charge on any atom is 0.410 e. The van der Waals surface area contributed by atoms with Crippen molar-refractivity contribution in [3.8, 4) is 0 Å². The van der Waals surface area contributed by atoms with Crippen molar-refractivity contribution in [2.75, 3.05) is 19.6 Å². The molecule has 17 heteroatoms. The smallest absolute Gasteiger partial charge is 0.410 e. The number of nitrogens with one attached hydrogen (secondary N) is 3. The van der Waals surface area contributed by atoms with E-state index >= 15 is 0 Å². The molecule has 2 saturated carbocycles. The Bertz CT molecular complexity index is 1790. The largest absolute Gasteiger partial charge is 0.446 e. The lowest BCUT2D eigenvalue weighted by Gasteiger charge is -2.30. The number of ether oxygens (including phenoxy) is 2. The van der Waals surface area contributed by atoms with Crippen LogP contribution in [0.25, 0.3) is 0 Å². The second kappa shape index (κ2) is 18.6. The fraction of sp³-hybridized carbons (Fsp3) is 0.675. The number of carbonyl (C=O) groups excluding carboxylic acids is 5. The molecule has 314 valence electrons. The van der Waals surface area contributed by atoms with Crippen LogP contribution in [0.1, 0.15) is 114 Å². The zero-order chi connectivity index (χ0) is 40.7. The molecular formula is C40H57FN6O9S. The van der Waals surface area contributed by atoms with Crippen LogP contribution in [0.5, 0.6) is 0 Å². The fourth-order valence-corrected chi connectivity index (χ4v) is 9.90. The van der Waals surface area contributed by atoms with Crippen molar-refractivity contribution in [3.63, 3.8) is 0 Å². The molecule has 1 spiro atoms. The van der Waals surface area contributed by atoms with E-state index in [0.717, 1.165) is 64.2 Å². The molecule has 3 N–H and O–H groups in total. The van der Waals surface area contributed by atoms with Gasteiger partial charge in [-0.2, -0.15) is 12.7 Å². The summed E-state index contributed by atoms with van der Waals surface area (Å²) in [6, 6.07) is 2.30. The molecule has 5 aliphatic rings. The van der Waals surface area contributed by atoms with Gasteiger partial charge in [0.05, 0.1) is 13.1 Å². The Kier molecular flexibility index (Phi) is 13.8. The first kappa shape index (κ1) is 42.4. The van der Waals surface area contributed by atoms with Crippen molar-refractivity contribution in [2.45, 2.75) is 146 Å². The van der Waals surface area contributed by atoms with E-state index in [0.29, 0.717) is 24.0 Å². The predicted molar refractivity (Wildman–Crippen MR) is 207 cm³/mol. The summed E-state index contributed by atoms with van der Waals surface area (Å²) in [6.07, 6.45) is 8.94. The van der Waals surface area contributed by atoms with Gasteiger partial charge in [-0.1, -0.05) is 70.1 Å². The summed E-state index contributed by atoms with van der Waals surface area (Å²) in [5.41, 5.74) is -0.613. The Morgan fingerprint density at radius 1 is 0.965 bits per heavy atom. The van der Waals surface area contributed by atoms with Gasteiger partial charge in [-0.25, -0.2) is 18.7 Å². The number of carbonyl (C=O) groups is 5. The van der Waals surface area contributed by atoms with Gasteiger partial charge in [0.1, 0.15) is 35.6 Å². The Morgan fingerprint density at radius 2 is 1.65 bits per heavy atom. The molecule has 0 radical (unpaired) electrons. The molecule has 2 aliphatic carbocycles. The van der Waals surface area contributed by atoms with Crippen molar-refractivity contribution < 1.29 is 46.3 Å². The summed E-state index contributed by atoms with van der Waals surface area (Å²) in [7, 11) is -4.26. The highest BCUT2D eigenvalue weighted by atomic mass is 32.2. The first-order valence-corrected chi connectivity index (χ1v) is 22.1. The number of hydrogen-bond acceptors (Lipinski definition) is 9. The monoisotopic (exact) mass is 816 g/mol. The molecule has 1 aromatic rings. The second-order valence-corrected chi connectivity index (χ2v) is 17.7. The molecule has 0 unspecified atom stereocenters. The van der Waals surface area contributed by atoms with Crippen LogP contribution in [0.2, 0.25) is 0 Å². The van der Waals surface area contributed by atoms with Gasteiger partial charge in [0.25, 0.3) is 5.91 Å². The van der Waals surface area contributed by atoms with Crippen LogP contribution in [0.3, 0.4) is 0 Å². The lowest BCUT2D eigenvalue weighted by Crippen LogP contribution is -2.59. The Labute approximate surface area is 334 Å². The average Bonchev–Trinajstić information content (AvgIpc) is 3.58. The van der Waals surface area contributed by atoms with E-state index < -0.39 is 75.6 Å². The fourth-order valence-electron chi connectivity index (χ4n) is 8.65. The van der Waals surface area contributed by atoms with Crippen LogP contribution in [-0.4, -0.2) is 102 Å². The summed E-state index contributed by atoms with van der Waals surface area (Å²) < 4.78 is 56.3. The highest BCUT2D eigenvalue weighted by Gasteiger charge is 2.61. The van der Waals surface area contributed by atoms with Crippen LogP contribution in [0, 0.1) is 11.7 Å². The number of amides is 5. The third-order valence-corrected chi connectivity index (χ3v) is 13.6. The summed E-state index contributed by atoms with van der Waals surface area (Å²) in [4.78, 5) is 72.0. The van der Waals surface area contributed by atoms with Crippen LogP contribution in [0.15, 0.2) is 30.9 Å². The third kappa shape index (κ3) is 10.1. The predicted octanol–water partition coefficient (Wildman–Crippen LogP) is 4.55. The zero-order valence-corrected chi connectivity index (χ0v) is 33.7. The normalized spacial score (nSPS) is 29.4. The number of benzene rings is 1. The standard InChI is InChI=1S/C40H57FN6O9S/c1-3-28-23-40(28)37(50)44-57(53,54)46(4-2)21-14-10-8-6-5-7-9-11-20-33(42-38(51)55-29-17-12-13-18-29)36(49)47-25-30(22-34(47)35(48)43-40)56-39(52)45-24-27-16-15-19-32(41)31(27)26-45/h3,15-16,19,28-30,33-34H,1,4-14,17-18,20-26H2,2H3,(H,42,51)(H,43,48)(H,44,50)/t28-,30-,33+,34+,40-/m1/s1. The SMILES string of the molecule is C=C[C@@H]1C[C@@]12NC(=O)[C@@H]1C[C@@H](OC(=O)N3Cc4cccc(F)c4C3)CN1C(=O)[C@@H](NC(=O)OC1CCCC1)CCCCCCCCCCN(CC)S(=O)(=O)NC2=O. The Balaban J connectivity index is 1.25. The zero-order valence-electron chi connectivity index (χ0n) is 32.8. The first-order valence-electron chi connectivity index (χ1n) is 20.6. The van der Waals surface area contributed by atoms with E-state index in [2.05, 4.69) is 21.9 Å². The van der Waals surface area contributed by atoms with Crippen LogP contribution < -0.4 is 15.4 Å². The van der Waals surface area contributed by atoms with Gasteiger partial charge in [-0.15, -0.1) is 6.58 Å². The summed E-state index contributed by atoms with van der Waals surface area (Å²) in [5, 5.41) is 5.53. The van der Waals surface area contributed by atoms with Gasteiger partial charge >= 0.3 is 22.4 Å². The van der Waals surface area contributed by atoms with Gasteiger partial charge < -0.3 is 25.0 Å². The van der Waals surface area contributed by atoms with Crippen molar-refractivity contribution in [2.24, 2.45) is 5.92 Å². The summed E-state index contributed by atoms with van der Waals surface area (Å²) in [5.74, 6) is -3.27. The second-order valence-electron chi connectivity index (χ2n) is 16.0. The molecule has 2 saturated heterocycles. The van der Waals surface area contributed by atoms with Crippen molar-refractivity contribution in [1.82, 2.24) is 29.5 Å². The van der Waals surface area contributed by atoms with Crippen molar-refractivity contribution in [1.29, 1.82) is 0 Å². The molecule has 3 heterocycles. The van der Waals surface area contributed by atoms with Gasteiger partial charge in [-0.05, 0) is 56.6 Å². The van der Waals surface area contributed by atoms with Gasteiger partial charge in [0.2, 0.25) is 11.8 Å². The maximum absolute atomic E-state index is 14.6. The van der Waals surface area contributed by atoms with E-state index in [1.54, 1.807) is 19.1 Å². The van der Waals surface area contributed by atoms with E-state index in [9.17, 15) is 36.8 Å². The van der Waals surface area contributed by atoms with Crippen LogP contribution in [0.4, 0.5) is 14.0 Å². The molecule has 4 fully saturated rings. The topological polar surface area (TPSA) is 184 Å². The van der Waals surface area contributed by atoms with Gasteiger partial charge in [0.15, 0.2) is 0 Å². The molecule has 0 bridgehead atoms. The summed E-state index contributed by atoms with van der Waals surface area (Å²) >= 11 is 0. The third-order valence-electron chi connectivity index (χ3n) is 12.1. The number of nitrogens with zero attached hydrogens (tertiary/aromatic N) is 3. The van der Waals surface area contributed by atoms with Crippen LogP contribution in [-0.2, 0) is 47.2 Å².